The van der Waals surface area contributed by atoms with Crippen LogP contribution in [0, 0.1) is 0 Å². The van der Waals surface area contributed by atoms with Gasteiger partial charge >= 0.3 is 5.97 Å². The molecule has 4 atom stereocenters. The van der Waals surface area contributed by atoms with Gasteiger partial charge in [0.05, 0.1) is 12.5 Å². The van der Waals surface area contributed by atoms with E-state index < -0.39 is 60.2 Å². The fourth-order valence-electron chi connectivity index (χ4n) is 3.13. The van der Waals surface area contributed by atoms with E-state index in [0.717, 1.165) is 0 Å². The van der Waals surface area contributed by atoms with Crippen molar-refractivity contribution in [2.75, 3.05) is 25.1 Å². The van der Waals surface area contributed by atoms with Crippen molar-refractivity contribution < 1.29 is 29.1 Å². The second-order valence-electron chi connectivity index (χ2n) is 8.15. The molecule has 0 bridgehead atoms. The summed E-state index contributed by atoms with van der Waals surface area (Å²) in [7, 11) is 0. The highest BCUT2D eigenvalue weighted by Crippen LogP contribution is 2.07. The standard InChI is InChI=1S/C21H41N7O6S/c1-35-11-8-14(19(31)27-15(21(33)34)7-3-5-10-23)26-20(32)16(12-17(25)29)28-18(30)13(24)6-2-4-9-22/h13-16H,2-12,22-24H2,1H3,(H2,25,29)(H,26,32)(H,27,31)(H,28,30)(H,33,34). The number of thioether (sulfide) groups is 1. The van der Waals surface area contributed by atoms with Crippen LogP contribution in [0.4, 0.5) is 0 Å². The molecule has 0 saturated carbocycles. The summed E-state index contributed by atoms with van der Waals surface area (Å²) in [5.74, 6) is -3.68. The van der Waals surface area contributed by atoms with Crippen LogP contribution in [0.25, 0.3) is 0 Å². The minimum absolute atomic E-state index is 0.184. The van der Waals surface area contributed by atoms with Crippen LogP contribution < -0.4 is 38.9 Å². The van der Waals surface area contributed by atoms with E-state index in [4.69, 9.17) is 22.9 Å². The number of hydrogen-bond donors (Lipinski definition) is 8. The van der Waals surface area contributed by atoms with Gasteiger partial charge in [0.1, 0.15) is 18.1 Å². The first-order valence-electron chi connectivity index (χ1n) is 11.6. The molecule has 0 radical (unpaired) electrons. The number of carboxylic acid groups (broad SMARTS) is 1. The average molecular weight is 520 g/mol. The van der Waals surface area contributed by atoms with Crippen molar-refractivity contribution >= 4 is 41.4 Å². The van der Waals surface area contributed by atoms with Crippen LogP contribution in [-0.4, -0.2) is 84.0 Å². The number of nitrogens with two attached hydrogens (primary N) is 4. The predicted molar refractivity (Wildman–Crippen MR) is 134 cm³/mol. The number of nitrogens with one attached hydrogen (secondary N) is 3. The average Bonchev–Trinajstić information content (AvgIpc) is 2.79. The molecule has 0 aromatic heterocycles. The zero-order valence-corrected chi connectivity index (χ0v) is 21.1. The summed E-state index contributed by atoms with van der Waals surface area (Å²) in [4.78, 5) is 61.2. The Bertz CT molecular complexity index is 697. The Morgan fingerprint density at radius 1 is 0.771 bits per heavy atom. The second kappa shape index (κ2) is 18.9. The fraction of sp³-hybridized carbons (Fsp3) is 0.762. The highest BCUT2D eigenvalue weighted by atomic mass is 32.2. The smallest absolute Gasteiger partial charge is 0.326 e. The van der Waals surface area contributed by atoms with E-state index >= 15 is 0 Å². The molecular formula is C21H41N7O6S. The minimum Gasteiger partial charge on any atom is -0.480 e. The molecule has 13 nitrogen and oxygen atoms in total. The van der Waals surface area contributed by atoms with E-state index in [0.29, 0.717) is 50.9 Å². The molecule has 0 aromatic rings. The Labute approximate surface area is 210 Å². The Kier molecular flexibility index (Phi) is 17.5. The lowest BCUT2D eigenvalue weighted by Crippen LogP contribution is -2.57. The lowest BCUT2D eigenvalue weighted by atomic mass is 10.1. The molecule has 0 aliphatic carbocycles. The largest absolute Gasteiger partial charge is 0.480 e. The molecule has 0 rings (SSSR count). The van der Waals surface area contributed by atoms with Crippen LogP contribution in [0.2, 0.25) is 0 Å². The van der Waals surface area contributed by atoms with Crippen molar-refractivity contribution in [1.29, 1.82) is 0 Å². The van der Waals surface area contributed by atoms with Gasteiger partial charge in [-0.15, -0.1) is 0 Å². The van der Waals surface area contributed by atoms with Gasteiger partial charge in [0.25, 0.3) is 0 Å². The molecule has 0 aromatic carbocycles. The van der Waals surface area contributed by atoms with Crippen molar-refractivity contribution in [3.05, 3.63) is 0 Å². The number of amides is 4. The van der Waals surface area contributed by atoms with Gasteiger partial charge < -0.3 is 44.0 Å². The zero-order valence-electron chi connectivity index (χ0n) is 20.3. The first-order valence-corrected chi connectivity index (χ1v) is 13.0. The molecule has 4 amide bonds. The molecule has 0 fully saturated rings. The number of carboxylic acids is 1. The molecule has 202 valence electrons. The van der Waals surface area contributed by atoms with Crippen LogP contribution in [0.5, 0.6) is 0 Å². The van der Waals surface area contributed by atoms with Crippen LogP contribution >= 0.6 is 11.8 Å². The number of rotatable bonds is 20. The highest BCUT2D eigenvalue weighted by Gasteiger charge is 2.30. The van der Waals surface area contributed by atoms with Crippen molar-refractivity contribution in [1.82, 2.24) is 16.0 Å². The third-order valence-corrected chi connectivity index (χ3v) is 5.79. The summed E-state index contributed by atoms with van der Waals surface area (Å²) in [6, 6.07) is -4.48. The maximum absolute atomic E-state index is 12.9. The van der Waals surface area contributed by atoms with Gasteiger partial charge in [-0.2, -0.15) is 11.8 Å². The normalized spacial score (nSPS) is 14.3. The number of hydrogen-bond acceptors (Lipinski definition) is 9. The highest BCUT2D eigenvalue weighted by molar-refractivity contribution is 7.98. The summed E-state index contributed by atoms with van der Waals surface area (Å²) >= 11 is 1.43. The lowest BCUT2D eigenvalue weighted by molar-refractivity contribution is -0.142. The van der Waals surface area contributed by atoms with Crippen LogP contribution in [-0.2, 0) is 24.0 Å². The SMILES string of the molecule is CSCCC(NC(=O)C(CC(N)=O)NC(=O)C(N)CCCCN)C(=O)NC(CCCCN)C(=O)O. The Morgan fingerprint density at radius 3 is 1.80 bits per heavy atom. The molecule has 0 aliphatic heterocycles. The Hall–Kier alpha value is -2.42. The van der Waals surface area contributed by atoms with Gasteiger partial charge in [-0.25, -0.2) is 4.79 Å². The molecule has 0 spiro atoms. The predicted octanol–water partition coefficient (Wildman–Crippen LogP) is -2.26. The monoisotopic (exact) mass is 519 g/mol. The third-order valence-electron chi connectivity index (χ3n) is 5.15. The second-order valence-corrected chi connectivity index (χ2v) is 9.13. The van der Waals surface area contributed by atoms with E-state index in [1.807, 2.05) is 6.26 Å². The molecule has 12 N–H and O–H groups in total. The summed E-state index contributed by atoms with van der Waals surface area (Å²) in [5.41, 5.74) is 22.0. The molecular weight excluding hydrogens is 478 g/mol. The summed E-state index contributed by atoms with van der Waals surface area (Å²) in [6.07, 6.45) is 4.45. The first-order chi connectivity index (χ1) is 16.6. The van der Waals surface area contributed by atoms with Crippen LogP contribution in [0.3, 0.4) is 0 Å². The van der Waals surface area contributed by atoms with Gasteiger partial charge in [0, 0.05) is 0 Å². The number of aliphatic carboxylic acids is 1. The van der Waals surface area contributed by atoms with Gasteiger partial charge in [0.2, 0.25) is 23.6 Å². The van der Waals surface area contributed by atoms with E-state index in [1.54, 1.807) is 0 Å². The van der Waals surface area contributed by atoms with Crippen LogP contribution in [0.1, 0.15) is 51.4 Å². The maximum atomic E-state index is 12.9. The third kappa shape index (κ3) is 14.5. The van der Waals surface area contributed by atoms with Gasteiger partial charge in [-0.3, -0.25) is 19.2 Å². The Morgan fingerprint density at radius 2 is 1.29 bits per heavy atom. The van der Waals surface area contributed by atoms with Crippen molar-refractivity contribution in [3.63, 3.8) is 0 Å². The van der Waals surface area contributed by atoms with Crippen LogP contribution in [0.15, 0.2) is 0 Å². The van der Waals surface area contributed by atoms with E-state index in [2.05, 4.69) is 16.0 Å². The molecule has 4 unspecified atom stereocenters. The van der Waals surface area contributed by atoms with E-state index in [-0.39, 0.29) is 12.8 Å². The molecule has 14 heteroatoms. The number of carbonyl (C=O) groups is 5. The summed E-state index contributed by atoms with van der Waals surface area (Å²) < 4.78 is 0. The van der Waals surface area contributed by atoms with Crippen molar-refractivity contribution in [2.24, 2.45) is 22.9 Å². The van der Waals surface area contributed by atoms with Gasteiger partial charge in [0.15, 0.2) is 0 Å². The van der Waals surface area contributed by atoms with Crippen molar-refractivity contribution in [2.45, 2.75) is 75.5 Å². The minimum atomic E-state index is -1.34. The fourth-order valence-corrected chi connectivity index (χ4v) is 3.60. The molecule has 0 saturated heterocycles. The zero-order chi connectivity index (χ0) is 26.8. The lowest BCUT2D eigenvalue weighted by Gasteiger charge is -2.24. The molecule has 0 aliphatic rings. The number of unbranched alkanes of at least 4 members (excludes halogenated alkanes) is 2. The van der Waals surface area contributed by atoms with E-state index in [1.165, 1.54) is 11.8 Å². The Balaban J connectivity index is 5.36. The number of carbonyl (C=O) groups excluding carboxylic acids is 4. The van der Waals surface area contributed by atoms with E-state index in [9.17, 15) is 29.1 Å². The van der Waals surface area contributed by atoms with Crippen molar-refractivity contribution in [3.8, 4) is 0 Å². The van der Waals surface area contributed by atoms with Gasteiger partial charge in [-0.05, 0) is 63.6 Å². The van der Waals surface area contributed by atoms with Gasteiger partial charge in [-0.1, -0.05) is 6.42 Å². The summed E-state index contributed by atoms with van der Waals surface area (Å²) in [5, 5.41) is 16.8. The summed E-state index contributed by atoms with van der Waals surface area (Å²) in [6.45, 7) is 0.854. The first kappa shape index (κ1) is 32.6. The maximum Gasteiger partial charge on any atom is 0.326 e. The molecule has 35 heavy (non-hydrogen) atoms. The number of primary amides is 1. The molecule has 0 heterocycles. The topological polar surface area (TPSA) is 246 Å². The quantitative estimate of drug-likeness (QED) is 0.0802.